The van der Waals surface area contributed by atoms with Crippen LogP contribution in [0.5, 0.6) is 0 Å². The van der Waals surface area contributed by atoms with Crippen LogP contribution in [0.25, 0.3) is 0 Å². The molecule has 4 N–H and O–H groups in total. The van der Waals surface area contributed by atoms with Crippen LogP contribution in [0, 0.1) is 0 Å². The van der Waals surface area contributed by atoms with Gasteiger partial charge in [0.25, 0.3) is 5.91 Å². The second kappa shape index (κ2) is 5.86. The molecule has 5 nitrogen and oxygen atoms in total. The lowest BCUT2D eigenvalue weighted by Crippen LogP contribution is -2.25. The van der Waals surface area contributed by atoms with Crippen LogP contribution in [-0.4, -0.2) is 22.4 Å². The van der Waals surface area contributed by atoms with E-state index < -0.39 is 0 Å². The Bertz CT molecular complexity index is 507. The summed E-state index contributed by atoms with van der Waals surface area (Å²) in [7, 11) is 0. The van der Waals surface area contributed by atoms with Crippen LogP contribution in [0.1, 0.15) is 22.6 Å². The van der Waals surface area contributed by atoms with Crippen molar-refractivity contribution in [2.75, 3.05) is 12.3 Å². The highest BCUT2D eigenvalue weighted by atomic mass is 16.1. The van der Waals surface area contributed by atoms with Crippen molar-refractivity contribution in [1.82, 2.24) is 15.3 Å². The highest BCUT2D eigenvalue weighted by Crippen LogP contribution is 2.09. The molecule has 1 aromatic carbocycles. The van der Waals surface area contributed by atoms with Gasteiger partial charge in [0, 0.05) is 31.0 Å². The third-order valence-corrected chi connectivity index (χ3v) is 2.64. The van der Waals surface area contributed by atoms with Gasteiger partial charge in [-0.15, -0.1) is 0 Å². The van der Waals surface area contributed by atoms with Crippen LogP contribution in [0.15, 0.2) is 36.7 Å². The van der Waals surface area contributed by atoms with Crippen molar-refractivity contribution in [1.29, 1.82) is 0 Å². The highest BCUT2D eigenvalue weighted by molar-refractivity contribution is 5.98. The van der Waals surface area contributed by atoms with Crippen LogP contribution in [0.3, 0.4) is 0 Å². The molecule has 0 aliphatic rings. The summed E-state index contributed by atoms with van der Waals surface area (Å²) in [5.74, 6) is 0.802. The molecule has 94 valence electrons. The number of aromatic nitrogens is 2. The third-order valence-electron chi connectivity index (χ3n) is 2.64. The number of carbonyl (C=O) groups excluding carboxylic acids is 1. The van der Waals surface area contributed by atoms with E-state index in [9.17, 15) is 4.79 Å². The van der Waals surface area contributed by atoms with E-state index in [0.29, 0.717) is 17.8 Å². The SMILES string of the molecule is Nc1ccccc1C(=O)NCCCc1ncc[nH]1. The Morgan fingerprint density at radius 2 is 2.22 bits per heavy atom. The van der Waals surface area contributed by atoms with E-state index in [2.05, 4.69) is 15.3 Å². The van der Waals surface area contributed by atoms with Gasteiger partial charge in [-0.3, -0.25) is 4.79 Å². The molecule has 18 heavy (non-hydrogen) atoms. The third kappa shape index (κ3) is 3.10. The van der Waals surface area contributed by atoms with Crippen LogP contribution >= 0.6 is 0 Å². The van der Waals surface area contributed by atoms with Gasteiger partial charge in [-0.1, -0.05) is 12.1 Å². The van der Waals surface area contributed by atoms with Gasteiger partial charge in [-0.25, -0.2) is 4.98 Å². The fourth-order valence-corrected chi connectivity index (χ4v) is 1.69. The first-order valence-electron chi connectivity index (χ1n) is 5.88. The maximum absolute atomic E-state index is 11.8. The smallest absolute Gasteiger partial charge is 0.253 e. The fourth-order valence-electron chi connectivity index (χ4n) is 1.69. The number of benzene rings is 1. The van der Waals surface area contributed by atoms with Crippen LogP contribution in [0.2, 0.25) is 0 Å². The molecule has 0 aliphatic carbocycles. The molecule has 0 fully saturated rings. The zero-order valence-electron chi connectivity index (χ0n) is 10.0. The van der Waals surface area contributed by atoms with Gasteiger partial charge >= 0.3 is 0 Å². The molecule has 1 amide bonds. The molecule has 0 saturated carbocycles. The second-order valence-electron chi connectivity index (χ2n) is 3.98. The van der Waals surface area contributed by atoms with Gasteiger partial charge in [-0.05, 0) is 18.6 Å². The number of hydrogen-bond donors (Lipinski definition) is 3. The number of rotatable bonds is 5. The number of para-hydroxylation sites is 1. The Balaban J connectivity index is 1.77. The number of anilines is 1. The Labute approximate surface area is 105 Å². The number of hydrogen-bond acceptors (Lipinski definition) is 3. The quantitative estimate of drug-likeness (QED) is 0.548. The molecule has 0 unspecified atom stereocenters. The maximum atomic E-state index is 11.8. The van der Waals surface area contributed by atoms with Gasteiger partial charge < -0.3 is 16.0 Å². The normalized spacial score (nSPS) is 10.2. The van der Waals surface area contributed by atoms with E-state index in [1.165, 1.54) is 0 Å². The van der Waals surface area contributed by atoms with Gasteiger partial charge in [0.1, 0.15) is 5.82 Å². The summed E-state index contributed by atoms with van der Waals surface area (Å²) < 4.78 is 0. The van der Waals surface area contributed by atoms with Crippen molar-refractivity contribution in [3.63, 3.8) is 0 Å². The summed E-state index contributed by atoms with van der Waals surface area (Å²) in [6.45, 7) is 0.605. The molecular weight excluding hydrogens is 228 g/mol. The van der Waals surface area contributed by atoms with Gasteiger partial charge in [-0.2, -0.15) is 0 Å². The number of carbonyl (C=O) groups is 1. The van der Waals surface area contributed by atoms with Crippen molar-refractivity contribution in [2.45, 2.75) is 12.8 Å². The minimum atomic E-state index is -0.132. The first kappa shape index (κ1) is 12.2. The van der Waals surface area contributed by atoms with E-state index in [1.807, 2.05) is 6.07 Å². The average molecular weight is 244 g/mol. The van der Waals surface area contributed by atoms with Crippen LogP contribution < -0.4 is 11.1 Å². The lowest BCUT2D eigenvalue weighted by atomic mass is 10.1. The van der Waals surface area contributed by atoms with Crippen LogP contribution in [0.4, 0.5) is 5.69 Å². The largest absolute Gasteiger partial charge is 0.398 e. The summed E-state index contributed by atoms with van der Waals surface area (Å²) >= 11 is 0. The number of aromatic amines is 1. The minimum absolute atomic E-state index is 0.132. The number of amides is 1. The molecule has 1 aromatic heterocycles. The van der Waals surface area contributed by atoms with Gasteiger partial charge in [0.2, 0.25) is 0 Å². The van der Waals surface area contributed by atoms with Crippen molar-refractivity contribution >= 4 is 11.6 Å². The molecule has 0 aliphatic heterocycles. The summed E-state index contributed by atoms with van der Waals surface area (Å²) in [5, 5.41) is 2.84. The van der Waals surface area contributed by atoms with Crippen molar-refractivity contribution in [3.05, 3.63) is 48.0 Å². The van der Waals surface area contributed by atoms with Crippen LogP contribution in [-0.2, 0) is 6.42 Å². The van der Waals surface area contributed by atoms with Crippen molar-refractivity contribution in [3.8, 4) is 0 Å². The minimum Gasteiger partial charge on any atom is -0.398 e. The lowest BCUT2D eigenvalue weighted by Gasteiger charge is -2.06. The van der Waals surface area contributed by atoms with E-state index in [4.69, 9.17) is 5.73 Å². The summed E-state index contributed by atoms with van der Waals surface area (Å²) in [4.78, 5) is 19.0. The molecular formula is C13H16N4O. The van der Waals surface area contributed by atoms with E-state index in [-0.39, 0.29) is 5.91 Å². The molecule has 0 bridgehead atoms. The Morgan fingerprint density at radius 1 is 1.39 bits per heavy atom. The first-order valence-corrected chi connectivity index (χ1v) is 5.88. The predicted molar refractivity (Wildman–Crippen MR) is 70.1 cm³/mol. The molecule has 5 heteroatoms. The second-order valence-corrected chi connectivity index (χ2v) is 3.98. The summed E-state index contributed by atoms with van der Waals surface area (Å²) in [6, 6.07) is 7.05. The highest BCUT2D eigenvalue weighted by Gasteiger charge is 2.07. The number of imidazole rings is 1. The zero-order valence-corrected chi connectivity index (χ0v) is 10.0. The van der Waals surface area contributed by atoms with Crippen molar-refractivity contribution < 1.29 is 4.79 Å². The first-order chi connectivity index (χ1) is 8.77. The molecule has 0 spiro atoms. The fraction of sp³-hybridized carbons (Fsp3) is 0.231. The summed E-state index contributed by atoms with van der Waals surface area (Å²) in [5.41, 5.74) is 6.75. The number of H-pyrrole nitrogens is 1. The van der Waals surface area contributed by atoms with E-state index in [0.717, 1.165) is 18.7 Å². The topological polar surface area (TPSA) is 83.8 Å². The van der Waals surface area contributed by atoms with E-state index in [1.54, 1.807) is 30.6 Å². The number of nitrogens with two attached hydrogens (primary N) is 1. The molecule has 1 heterocycles. The number of aryl methyl sites for hydroxylation is 1. The number of nitrogen functional groups attached to an aromatic ring is 1. The summed E-state index contributed by atoms with van der Waals surface area (Å²) in [6.07, 6.45) is 5.17. The molecule has 0 radical (unpaired) electrons. The lowest BCUT2D eigenvalue weighted by molar-refractivity contribution is 0.0954. The zero-order chi connectivity index (χ0) is 12.8. The van der Waals surface area contributed by atoms with Gasteiger partial charge in [0.05, 0.1) is 5.56 Å². The molecule has 0 atom stereocenters. The monoisotopic (exact) mass is 244 g/mol. The van der Waals surface area contributed by atoms with E-state index >= 15 is 0 Å². The molecule has 2 rings (SSSR count). The molecule has 0 saturated heterocycles. The van der Waals surface area contributed by atoms with Gasteiger partial charge in [0.15, 0.2) is 0 Å². The predicted octanol–water partition coefficient (Wildman–Crippen LogP) is 1.35. The number of nitrogens with one attached hydrogen (secondary N) is 2. The van der Waals surface area contributed by atoms with Crippen molar-refractivity contribution in [2.24, 2.45) is 0 Å². The maximum Gasteiger partial charge on any atom is 0.253 e. The average Bonchev–Trinajstić information content (AvgIpc) is 2.88. The number of nitrogens with zero attached hydrogens (tertiary/aromatic N) is 1. The Kier molecular flexibility index (Phi) is 3.96. The Hall–Kier alpha value is -2.30. The standard InChI is InChI=1S/C13H16N4O/c14-11-5-2-1-4-10(11)13(18)17-7-3-6-12-15-8-9-16-12/h1-2,4-5,8-9H,3,6-7,14H2,(H,15,16)(H,17,18). The molecule has 2 aromatic rings. The Morgan fingerprint density at radius 3 is 2.94 bits per heavy atom.